The molecule has 0 atom stereocenters. The topological polar surface area (TPSA) is 50.4 Å². The minimum Gasteiger partial charge on any atom is -0.383 e. The molecule has 2 aromatic rings. The first kappa shape index (κ1) is 16.0. The summed E-state index contributed by atoms with van der Waals surface area (Å²) >= 11 is 0. The van der Waals surface area contributed by atoms with Gasteiger partial charge in [0.2, 0.25) is 0 Å². The lowest BCUT2D eigenvalue weighted by Gasteiger charge is -2.10. The van der Waals surface area contributed by atoms with Gasteiger partial charge >= 0.3 is 0 Å². The Hall–Kier alpha value is -2.33. The SMILES string of the molecule is CCOCCNc1cccc(NC(=O)c2cccc(C)c2)c1. The Kier molecular flexibility index (Phi) is 5.98. The number of ether oxygens (including phenoxy) is 1. The average Bonchev–Trinajstić information content (AvgIpc) is 2.52. The van der Waals surface area contributed by atoms with Gasteiger partial charge in [0.15, 0.2) is 0 Å². The number of carbonyl (C=O) groups excluding carboxylic acids is 1. The molecule has 2 rings (SSSR count). The molecule has 4 nitrogen and oxygen atoms in total. The molecule has 0 aliphatic heterocycles. The number of benzene rings is 2. The summed E-state index contributed by atoms with van der Waals surface area (Å²) in [6.07, 6.45) is 0. The van der Waals surface area contributed by atoms with Crippen LogP contribution < -0.4 is 10.6 Å². The number of hydrogen-bond donors (Lipinski definition) is 2. The molecule has 0 radical (unpaired) electrons. The van der Waals surface area contributed by atoms with Crippen LogP contribution in [0.5, 0.6) is 0 Å². The van der Waals surface area contributed by atoms with E-state index in [0.717, 1.165) is 23.5 Å². The number of nitrogens with one attached hydrogen (secondary N) is 2. The molecule has 0 bridgehead atoms. The Morgan fingerprint density at radius 3 is 2.64 bits per heavy atom. The van der Waals surface area contributed by atoms with Crippen LogP contribution in [0.1, 0.15) is 22.8 Å². The summed E-state index contributed by atoms with van der Waals surface area (Å²) in [5, 5.41) is 6.18. The van der Waals surface area contributed by atoms with Crippen LogP contribution in [0.4, 0.5) is 11.4 Å². The van der Waals surface area contributed by atoms with E-state index in [1.165, 1.54) is 0 Å². The third-order valence-electron chi connectivity index (χ3n) is 3.18. The normalized spacial score (nSPS) is 10.3. The van der Waals surface area contributed by atoms with Crippen molar-refractivity contribution >= 4 is 17.3 Å². The van der Waals surface area contributed by atoms with Gasteiger partial charge in [0.25, 0.3) is 5.91 Å². The molecule has 4 heteroatoms. The van der Waals surface area contributed by atoms with Gasteiger partial charge in [0.1, 0.15) is 0 Å². The monoisotopic (exact) mass is 298 g/mol. The molecule has 2 aromatic carbocycles. The molecule has 22 heavy (non-hydrogen) atoms. The van der Waals surface area contributed by atoms with Crippen molar-refractivity contribution in [3.63, 3.8) is 0 Å². The number of amides is 1. The van der Waals surface area contributed by atoms with Gasteiger partial charge in [-0.3, -0.25) is 4.79 Å². The fraction of sp³-hybridized carbons (Fsp3) is 0.278. The van der Waals surface area contributed by atoms with Gasteiger partial charge in [-0.15, -0.1) is 0 Å². The highest BCUT2D eigenvalue weighted by Gasteiger charge is 2.06. The minimum absolute atomic E-state index is 0.102. The number of rotatable bonds is 7. The quantitative estimate of drug-likeness (QED) is 0.766. The lowest BCUT2D eigenvalue weighted by atomic mass is 10.1. The van der Waals surface area contributed by atoms with E-state index < -0.39 is 0 Å². The first-order valence-corrected chi connectivity index (χ1v) is 7.48. The molecule has 1 amide bonds. The van der Waals surface area contributed by atoms with E-state index in [-0.39, 0.29) is 5.91 Å². The molecule has 0 aliphatic rings. The highest BCUT2D eigenvalue weighted by atomic mass is 16.5. The van der Waals surface area contributed by atoms with E-state index in [1.54, 1.807) is 0 Å². The van der Waals surface area contributed by atoms with Crippen LogP contribution in [0.25, 0.3) is 0 Å². The number of anilines is 2. The molecule has 0 fully saturated rings. The predicted octanol–water partition coefficient (Wildman–Crippen LogP) is 3.70. The molecule has 0 saturated heterocycles. The second kappa shape index (κ2) is 8.20. The van der Waals surface area contributed by atoms with Gasteiger partial charge in [0, 0.05) is 30.1 Å². The van der Waals surface area contributed by atoms with Gasteiger partial charge in [-0.25, -0.2) is 0 Å². The molecule has 0 heterocycles. The van der Waals surface area contributed by atoms with E-state index in [0.29, 0.717) is 18.8 Å². The van der Waals surface area contributed by atoms with E-state index in [4.69, 9.17) is 4.74 Å². The average molecular weight is 298 g/mol. The molecule has 0 saturated carbocycles. The molecule has 0 spiro atoms. The van der Waals surface area contributed by atoms with E-state index in [1.807, 2.05) is 62.4 Å². The zero-order valence-corrected chi connectivity index (χ0v) is 13.1. The summed E-state index contributed by atoms with van der Waals surface area (Å²) in [4.78, 5) is 12.2. The molecule has 2 N–H and O–H groups in total. The van der Waals surface area contributed by atoms with Crippen LogP contribution in [0.2, 0.25) is 0 Å². The van der Waals surface area contributed by atoms with Crippen LogP contribution in [-0.4, -0.2) is 25.7 Å². The molecule has 116 valence electrons. The Morgan fingerprint density at radius 2 is 1.86 bits per heavy atom. The van der Waals surface area contributed by atoms with Crippen LogP contribution in [0.15, 0.2) is 48.5 Å². The number of aryl methyl sites for hydroxylation is 1. The Morgan fingerprint density at radius 1 is 1.09 bits per heavy atom. The summed E-state index contributed by atoms with van der Waals surface area (Å²) in [6, 6.07) is 15.2. The maximum absolute atomic E-state index is 12.2. The molecular formula is C18H22N2O2. The second-order valence-electron chi connectivity index (χ2n) is 5.03. The Balaban J connectivity index is 1.96. The Bertz CT molecular complexity index is 626. The summed E-state index contributed by atoms with van der Waals surface area (Å²) in [6.45, 7) is 6.06. The maximum Gasteiger partial charge on any atom is 0.255 e. The largest absolute Gasteiger partial charge is 0.383 e. The lowest BCUT2D eigenvalue weighted by molar-refractivity contribution is 0.102. The Labute approximate surface area is 131 Å². The number of carbonyl (C=O) groups is 1. The first-order chi connectivity index (χ1) is 10.7. The zero-order chi connectivity index (χ0) is 15.8. The third-order valence-corrected chi connectivity index (χ3v) is 3.18. The smallest absolute Gasteiger partial charge is 0.255 e. The third kappa shape index (κ3) is 4.90. The van der Waals surface area contributed by atoms with Crippen LogP contribution in [0, 0.1) is 6.92 Å². The van der Waals surface area contributed by atoms with Crippen LogP contribution in [0.3, 0.4) is 0 Å². The molecule has 0 unspecified atom stereocenters. The van der Waals surface area contributed by atoms with Crippen molar-refractivity contribution < 1.29 is 9.53 Å². The van der Waals surface area contributed by atoms with E-state index in [2.05, 4.69) is 10.6 Å². The van der Waals surface area contributed by atoms with E-state index >= 15 is 0 Å². The predicted molar refractivity (Wildman–Crippen MR) is 90.6 cm³/mol. The van der Waals surface area contributed by atoms with Crippen molar-refractivity contribution in [1.29, 1.82) is 0 Å². The van der Waals surface area contributed by atoms with Gasteiger partial charge in [-0.05, 0) is 44.2 Å². The van der Waals surface area contributed by atoms with Crippen molar-refractivity contribution in [3.8, 4) is 0 Å². The standard InChI is InChI=1S/C18H22N2O2/c1-3-22-11-10-19-16-8-5-9-17(13-16)20-18(21)15-7-4-6-14(2)12-15/h4-9,12-13,19H,3,10-11H2,1-2H3,(H,20,21). The minimum atomic E-state index is -0.102. The van der Waals surface area contributed by atoms with Crippen molar-refractivity contribution in [2.45, 2.75) is 13.8 Å². The van der Waals surface area contributed by atoms with Crippen molar-refractivity contribution in [2.75, 3.05) is 30.4 Å². The number of hydrogen-bond acceptors (Lipinski definition) is 3. The fourth-order valence-corrected chi connectivity index (χ4v) is 2.11. The van der Waals surface area contributed by atoms with Gasteiger partial charge in [-0.1, -0.05) is 23.8 Å². The van der Waals surface area contributed by atoms with Gasteiger partial charge < -0.3 is 15.4 Å². The van der Waals surface area contributed by atoms with Crippen molar-refractivity contribution in [1.82, 2.24) is 0 Å². The highest BCUT2D eigenvalue weighted by molar-refractivity contribution is 6.04. The lowest BCUT2D eigenvalue weighted by Crippen LogP contribution is -2.13. The summed E-state index contributed by atoms with van der Waals surface area (Å²) in [5.41, 5.74) is 3.46. The molecular weight excluding hydrogens is 276 g/mol. The fourth-order valence-electron chi connectivity index (χ4n) is 2.11. The first-order valence-electron chi connectivity index (χ1n) is 7.48. The zero-order valence-electron chi connectivity index (χ0n) is 13.1. The van der Waals surface area contributed by atoms with Crippen LogP contribution >= 0.6 is 0 Å². The van der Waals surface area contributed by atoms with E-state index in [9.17, 15) is 4.79 Å². The van der Waals surface area contributed by atoms with Gasteiger partial charge in [-0.2, -0.15) is 0 Å². The van der Waals surface area contributed by atoms with Crippen molar-refractivity contribution in [3.05, 3.63) is 59.7 Å². The van der Waals surface area contributed by atoms with Gasteiger partial charge in [0.05, 0.1) is 6.61 Å². The summed E-state index contributed by atoms with van der Waals surface area (Å²) in [7, 11) is 0. The van der Waals surface area contributed by atoms with Crippen molar-refractivity contribution in [2.24, 2.45) is 0 Å². The second-order valence-corrected chi connectivity index (χ2v) is 5.03. The summed E-state index contributed by atoms with van der Waals surface area (Å²) < 4.78 is 5.29. The highest BCUT2D eigenvalue weighted by Crippen LogP contribution is 2.16. The molecule has 0 aliphatic carbocycles. The maximum atomic E-state index is 12.2. The van der Waals surface area contributed by atoms with Crippen LogP contribution in [-0.2, 0) is 4.74 Å². The summed E-state index contributed by atoms with van der Waals surface area (Å²) in [5.74, 6) is -0.102. The molecule has 0 aromatic heterocycles.